The fourth-order valence-electron chi connectivity index (χ4n) is 1.42. The Balaban J connectivity index is 2.74. The van der Waals surface area contributed by atoms with Gasteiger partial charge in [0.15, 0.2) is 0 Å². The smallest absolute Gasteiger partial charge is 0.323 e. The Hall–Kier alpha value is -1.56. The van der Waals surface area contributed by atoms with Gasteiger partial charge < -0.3 is 10.0 Å². The molecule has 0 aliphatic rings. The molecule has 0 saturated heterocycles. The van der Waals surface area contributed by atoms with Crippen LogP contribution in [-0.4, -0.2) is 40.4 Å². The zero-order valence-corrected chi connectivity index (χ0v) is 10.7. The molecule has 98 valence electrons. The lowest BCUT2D eigenvalue weighted by Crippen LogP contribution is -2.36. The molecule has 18 heavy (non-hydrogen) atoms. The van der Waals surface area contributed by atoms with Crippen LogP contribution in [0.15, 0.2) is 24.3 Å². The Morgan fingerprint density at radius 2 is 1.94 bits per heavy atom. The predicted octanol–water partition coefficient (Wildman–Crippen LogP) is 1.60. The van der Waals surface area contributed by atoms with Gasteiger partial charge in [-0.15, -0.1) is 0 Å². The fraction of sp³-hybridized carbons (Fsp3) is 0.333. The molecular formula is C12H14FNO3S. The third kappa shape index (κ3) is 4.75. The van der Waals surface area contributed by atoms with Crippen LogP contribution in [0, 0.1) is 5.82 Å². The predicted molar refractivity (Wildman–Crippen MR) is 67.8 cm³/mol. The summed E-state index contributed by atoms with van der Waals surface area (Å²) < 4.78 is 12.7. The Morgan fingerprint density at radius 1 is 1.33 bits per heavy atom. The number of thioether (sulfide) groups is 1. The van der Waals surface area contributed by atoms with Gasteiger partial charge in [-0.2, -0.15) is 11.8 Å². The van der Waals surface area contributed by atoms with Crippen LogP contribution in [0.4, 0.5) is 4.39 Å². The number of nitrogens with zero attached hydrogens (tertiary/aromatic N) is 1. The summed E-state index contributed by atoms with van der Waals surface area (Å²) in [5.74, 6) is -1.44. The second-order valence-electron chi connectivity index (χ2n) is 3.70. The highest BCUT2D eigenvalue weighted by molar-refractivity contribution is 7.99. The minimum Gasteiger partial charge on any atom is -0.480 e. The van der Waals surface area contributed by atoms with E-state index in [1.807, 2.05) is 0 Å². The number of carboxylic acids is 1. The van der Waals surface area contributed by atoms with E-state index in [2.05, 4.69) is 0 Å². The normalized spacial score (nSPS) is 10.1. The molecule has 0 fully saturated rings. The maximum absolute atomic E-state index is 12.7. The molecule has 0 aliphatic heterocycles. The number of rotatable bonds is 6. The van der Waals surface area contributed by atoms with Gasteiger partial charge in [0, 0.05) is 6.54 Å². The van der Waals surface area contributed by atoms with Crippen LogP contribution in [0.5, 0.6) is 0 Å². The molecule has 1 rings (SSSR count). The van der Waals surface area contributed by atoms with Gasteiger partial charge in [-0.05, 0) is 24.0 Å². The fourth-order valence-corrected chi connectivity index (χ4v) is 1.85. The molecule has 1 N–H and O–H groups in total. The Morgan fingerprint density at radius 3 is 2.44 bits per heavy atom. The van der Waals surface area contributed by atoms with Crippen molar-refractivity contribution in [2.24, 2.45) is 0 Å². The highest BCUT2D eigenvalue weighted by atomic mass is 32.2. The third-order valence-electron chi connectivity index (χ3n) is 2.23. The van der Waals surface area contributed by atoms with Crippen molar-refractivity contribution in [3.05, 3.63) is 35.6 Å². The molecule has 0 heterocycles. The summed E-state index contributed by atoms with van der Waals surface area (Å²) in [6.07, 6.45) is 1.77. The maximum Gasteiger partial charge on any atom is 0.323 e. The van der Waals surface area contributed by atoms with Crippen molar-refractivity contribution in [1.82, 2.24) is 4.90 Å². The Kier molecular flexibility index (Phi) is 5.64. The summed E-state index contributed by atoms with van der Waals surface area (Å²) in [5, 5.41) is 8.76. The molecule has 0 unspecified atom stereocenters. The summed E-state index contributed by atoms with van der Waals surface area (Å²) in [7, 11) is 0. The summed E-state index contributed by atoms with van der Waals surface area (Å²) in [4.78, 5) is 23.7. The lowest BCUT2D eigenvalue weighted by atomic mass is 10.2. The average Bonchev–Trinajstić information content (AvgIpc) is 2.31. The van der Waals surface area contributed by atoms with Gasteiger partial charge in [0.1, 0.15) is 12.4 Å². The van der Waals surface area contributed by atoms with Gasteiger partial charge in [0.25, 0.3) is 0 Å². The van der Waals surface area contributed by atoms with E-state index in [4.69, 9.17) is 5.11 Å². The molecule has 6 heteroatoms. The molecule has 1 aromatic rings. The van der Waals surface area contributed by atoms with Crippen molar-refractivity contribution in [2.75, 3.05) is 18.6 Å². The topological polar surface area (TPSA) is 57.6 Å². The molecule has 0 saturated carbocycles. The van der Waals surface area contributed by atoms with E-state index in [0.717, 1.165) is 0 Å². The van der Waals surface area contributed by atoms with E-state index in [1.54, 1.807) is 6.26 Å². The Labute approximate surface area is 109 Å². The van der Waals surface area contributed by atoms with Crippen LogP contribution in [-0.2, 0) is 16.1 Å². The highest BCUT2D eigenvalue weighted by Crippen LogP contribution is 2.08. The molecule has 0 atom stereocenters. The number of carbonyl (C=O) groups excluding carboxylic acids is 1. The van der Waals surface area contributed by atoms with Crippen molar-refractivity contribution >= 4 is 23.6 Å². The van der Waals surface area contributed by atoms with E-state index in [9.17, 15) is 14.0 Å². The van der Waals surface area contributed by atoms with Crippen LogP contribution in [0.1, 0.15) is 5.56 Å². The molecule has 0 spiro atoms. The molecule has 0 aliphatic carbocycles. The standard InChI is InChI=1S/C12H14FNO3S/c1-18-8-11(15)14(7-12(16)17)6-9-2-4-10(13)5-3-9/h2-5H,6-8H2,1H3,(H,16,17). The molecule has 1 amide bonds. The number of carboxylic acid groups (broad SMARTS) is 1. The first-order chi connectivity index (χ1) is 8.52. The van der Waals surface area contributed by atoms with E-state index >= 15 is 0 Å². The maximum atomic E-state index is 12.7. The average molecular weight is 271 g/mol. The molecular weight excluding hydrogens is 257 g/mol. The first-order valence-corrected chi connectivity index (χ1v) is 6.65. The SMILES string of the molecule is CSCC(=O)N(CC(=O)O)Cc1ccc(F)cc1. The van der Waals surface area contributed by atoms with Gasteiger partial charge >= 0.3 is 5.97 Å². The zero-order chi connectivity index (χ0) is 13.5. The van der Waals surface area contributed by atoms with Crippen molar-refractivity contribution in [1.29, 1.82) is 0 Å². The minimum atomic E-state index is -1.06. The Bertz CT molecular complexity index is 422. The third-order valence-corrected chi connectivity index (χ3v) is 2.77. The number of carbonyl (C=O) groups is 2. The molecule has 1 aromatic carbocycles. The van der Waals surface area contributed by atoms with Gasteiger partial charge in [-0.3, -0.25) is 9.59 Å². The van der Waals surface area contributed by atoms with Crippen LogP contribution >= 0.6 is 11.8 Å². The molecule has 0 aromatic heterocycles. The molecule has 0 radical (unpaired) electrons. The summed E-state index contributed by atoms with van der Waals surface area (Å²) >= 11 is 1.33. The quantitative estimate of drug-likeness (QED) is 0.854. The van der Waals surface area contributed by atoms with Gasteiger partial charge in [-0.25, -0.2) is 4.39 Å². The van der Waals surface area contributed by atoms with Gasteiger partial charge in [0.05, 0.1) is 5.75 Å². The first kappa shape index (κ1) is 14.5. The van der Waals surface area contributed by atoms with Crippen molar-refractivity contribution in [3.8, 4) is 0 Å². The van der Waals surface area contributed by atoms with Gasteiger partial charge in [-0.1, -0.05) is 12.1 Å². The van der Waals surface area contributed by atoms with Crippen molar-refractivity contribution in [3.63, 3.8) is 0 Å². The lowest BCUT2D eigenvalue weighted by Gasteiger charge is -2.20. The monoisotopic (exact) mass is 271 g/mol. The van der Waals surface area contributed by atoms with Crippen molar-refractivity contribution in [2.45, 2.75) is 6.54 Å². The molecule has 0 bridgehead atoms. The van der Waals surface area contributed by atoms with E-state index in [1.165, 1.54) is 40.9 Å². The number of hydrogen-bond acceptors (Lipinski definition) is 3. The highest BCUT2D eigenvalue weighted by Gasteiger charge is 2.16. The molecule has 4 nitrogen and oxygen atoms in total. The number of halogens is 1. The first-order valence-electron chi connectivity index (χ1n) is 5.26. The minimum absolute atomic E-state index is 0.173. The second kappa shape index (κ2) is 7.00. The summed E-state index contributed by atoms with van der Waals surface area (Å²) in [6.45, 7) is -0.178. The number of hydrogen-bond donors (Lipinski definition) is 1. The largest absolute Gasteiger partial charge is 0.480 e. The zero-order valence-electron chi connectivity index (χ0n) is 9.93. The number of amides is 1. The van der Waals surface area contributed by atoms with Gasteiger partial charge in [0.2, 0.25) is 5.91 Å². The number of benzene rings is 1. The lowest BCUT2D eigenvalue weighted by molar-refractivity contribution is -0.143. The summed E-state index contributed by atoms with van der Waals surface area (Å²) in [5.41, 5.74) is 0.701. The van der Waals surface area contributed by atoms with Crippen molar-refractivity contribution < 1.29 is 19.1 Å². The van der Waals surface area contributed by atoms with E-state index in [-0.39, 0.29) is 30.6 Å². The summed E-state index contributed by atoms with van der Waals surface area (Å²) in [6, 6.07) is 5.65. The number of aliphatic carboxylic acids is 1. The van der Waals surface area contributed by atoms with Crippen LogP contribution in [0.25, 0.3) is 0 Å². The van der Waals surface area contributed by atoms with E-state index in [0.29, 0.717) is 5.56 Å². The second-order valence-corrected chi connectivity index (χ2v) is 4.57. The van der Waals surface area contributed by atoms with E-state index < -0.39 is 5.97 Å². The van der Waals surface area contributed by atoms with Crippen LogP contribution in [0.2, 0.25) is 0 Å². The van der Waals surface area contributed by atoms with Crippen LogP contribution < -0.4 is 0 Å². The van der Waals surface area contributed by atoms with Crippen LogP contribution in [0.3, 0.4) is 0 Å².